The Morgan fingerprint density at radius 2 is 2.06 bits per heavy atom. The number of aliphatic hydroxyl groups excluding tert-OH is 1. The average Bonchev–Trinajstić information content (AvgIpc) is 3.45. The number of carbonyl (C=O) groups is 1. The van der Waals surface area contributed by atoms with Crippen LogP contribution in [0.15, 0.2) is 47.1 Å². The first-order chi connectivity index (χ1) is 15.4. The van der Waals surface area contributed by atoms with Crippen molar-refractivity contribution in [1.29, 1.82) is 0 Å². The van der Waals surface area contributed by atoms with Crippen molar-refractivity contribution >= 4 is 16.8 Å². The lowest BCUT2D eigenvalue weighted by atomic mass is 9.98. The van der Waals surface area contributed by atoms with E-state index in [1.54, 1.807) is 6.07 Å². The number of hydrogen-bond acceptors (Lipinski definition) is 6. The predicted molar refractivity (Wildman–Crippen MR) is 109 cm³/mol. The van der Waals surface area contributed by atoms with E-state index in [0.717, 1.165) is 16.6 Å². The molecule has 0 saturated carbocycles. The standard InChI is InChI=1S/C22H19F2N5O3/c1-11(30)21-28-17(20(23)24)19(32-21)22(31)29-9-8-14-16(26-10-25-14)18(29)15-7-6-12-4-2-3-5-13(12)27-15/h2-7,10-11,18,20,30H,8-9H2,1H3,(H,25,26)/t11-,18-/m0/s1. The van der Waals surface area contributed by atoms with Gasteiger partial charge in [0.25, 0.3) is 12.3 Å². The predicted octanol–water partition coefficient (Wildman–Crippen LogP) is 3.72. The van der Waals surface area contributed by atoms with Crippen molar-refractivity contribution in [3.63, 3.8) is 0 Å². The van der Waals surface area contributed by atoms with Crippen molar-refractivity contribution in [1.82, 2.24) is 24.8 Å². The van der Waals surface area contributed by atoms with Crippen LogP contribution in [0.2, 0.25) is 0 Å². The third kappa shape index (κ3) is 3.32. The number of imidazole rings is 1. The highest BCUT2D eigenvalue weighted by atomic mass is 19.3. The van der Waals surface area contributed by atoms with Gasteiger partial charge in [0.15, 0.2) is 5.69 Å². The maximum Gasteiger partial charge on any atom is 0.292 e. The molecule has 0 bridgehead atoms. The largest absolute Gasteiger partial charge is 0.432 e. The monoisotopic (exact) mass is 439 g/mol. The number of halogens is 2. The number of nitrogens with one attached hydrogen (secondary N) is 1. The fourth-order valence-electron chi connectivity index (χ4n) is 3.99. The van der Waals surface area contributed by atoms with Gasteiger partial charge in [-0.2, -0.15) is 0 Å². The van der Waals surface area contributed by atoms with Gasteiger partial charge in [-0.3, -0.25) is 9.78 Å². The molecule has 3 aromatic heterocycles. The number of rotatable bonds is 4. The third-order valence-corrected chi connectivity index (χ3v) is 5.51. The Labute approximate surface area is 180 Å². The normalized spacial score (nSPS) is 17.0. The Kier molecular flexibility index (Phi) is 4.93. The Balaban J connectivity index is 1.62. The van der Waals surface area contributed by atoms with Crippen molar-refractivity contribution in [3.05, 3.63) is 77.2 Å². The van der Waals surface area contributed by atoms with E-state index in [0.29, 0.717) is 17.8 Å². The summed E-state index contributed by atoms with van der Waals surface area (Å²) in [5, 5.41) is 10.7. The second-order valence-electron chi connectivity index (χ2n) is 7.59. The number of alkyl halides is 2. The smallest absolute Gasteiger partial charge is 0.292 e. The molecule has 2 N–H and O–H groups in total. The molecule has 32 heavy (non-hydrogen) atoms. The van der Waals surface area contributed by atoms with E-state index in [4.69, 9.17) is 9.40 Å². The lowest BCUT2D eigenvalue weighted by molar-refractivity contribution is 0.0632. The Bertz CT molecular complexity index is 1300. The summed E-state index contributed by atoms with van der Waals surface area (Å²) in [7, 11) is 0. The van der Waals surface area contributed by atoms with Gasteiger partial charge < -0.3 is 19.4 Å². The molecule has 0 saturated heterocycles. The molecular weight excluding hydrogens is 420 g/mol. The quantitative estimate of drug-likeness (QED) is 0.502. The lowest BCUT2D eigenvalue weighted by Gasteiger charge is -2.34. The summed E-state index contributed by atoms with van der Waals surface area (Å²) in [6, 6.07) is 10.5. The molecule has 1 amide bonds. The molecule has 2 atom stereocenters. The van der Waals surface area contributed by atoms with Gasteiger partial charge in [0, 0.05) is 24.0 Å². The van der Waals surface area contributed by atoms with Crippen LogP contribution in [0.25, 0.3) is 10.9 Å². The number of oxazole rings is 1. The van der Waals surface area contributed by atoms with Crippen molar-refractivity contribution in [3.8, 4) is 0 Å². The van der Waals surface area contributed by atoms with Crippen molar-refractivity contribution in [2.45, 2.75) is 31.9 Å². The van der Waals surface area contributed by atoms with E-state index in [-0.39, 0.29) is 12.4 Å². The number of para-hydroxylation sites is 1. The van der Waals surface area contributed by atoms with Crippen LogP contribution in [0.3, 0.4) is 0 Å². The topological polar surface area (TPSA) is 108 Å². The van der Waals surface area contributed by atoms with E-state index in [9.17, 15) is 18.7 Å². The van der Waals surface area contributed by atoms with Crippen LogP contribution >= 0.6 is 0 Å². The number of aromatic nitrogens is 4. The fourth-order valence-corrected chi connectivity index (χ4v) is 3.99. The van der Waals surface area contributed by atoms with E-state index in [1.165, 1.54) is 18.2 Å². The molecule has 10 heteroatoms. The number of amides is 1. The number of nitrogens with zero attached hydrogens (tertiary/aromatic N) is 4. The first-order valence-corrected chi connectivity index (χ1v) is 10.1. The highest BCUT2D eigenvalue weighted by Crippen LogP contribution is 2.36. The minimum Gasteiger partial charge on any atom is -0.432 e. The molecule has 0 unspecified atom stereocenters. The summed E-state index contributed by atoms with van der Waals surface area (Å²) in [5.74, 6) is -1.67. The zero-order chi connectivity index (χ0) is 22.4. The van der Waals surface area contributed by atoms with Gasteiger partial charge in [-0.25, -0.2) is 18.7 Å². The first-order valence-electron chi connectivity index (χ1n) is 10.1. The molecule has 8 nitrogen and oxygen atoms in total. The van der Waals surface area contributed by atoms with E-state index in [1.807, 2.05) is 30.3 Å². The van der Waals surface area contributed by atoms with Gasteiger partial charge in [0.2, 0.25) is 11.7 Å². The SMILES string of the molecule is C[C@H](O)c1nc(C(F)F)c(C(=O)N2CCc3[nH]cnc3[C@@H]2c2ccc3ccccc3n2)o1. The molecule has 4 aromatic rings. The second kappa shape index (κ2) is 7.79. The first kappa shape index (κ1) is 20.3. The molecular formula is C22H19F2N5O3. The molecule has 1 aliphatic heterocycles. The highest BCUT2D eigenvalue weighted by molar-refractivity contribution is 5.93. The second-order valence-corrected chi connectivity index (χ2v) is 7.59. The van der Waals surface area contributed by atoms with Gasteiger partial charge >= 0.3 is 0 Å². The molecule has 164 valence electrons. The van der Waals surface area contributed by atoms with Crippen LogP contribution in [0.4, 0.5) is 8.78 Å². The summed E-state index contributed by atoms with van der Waals surface area (Å²) in [5.41, 5.74) is 1.96. The Morgan fingerprint density at radius 3 is 2.84 bits per heavy atom. The number of hydrogen-bond donors (Lipinski definition) is 2. The van der Waals surface area contributed by atoms with Crippen LogP contribution in [-0.4, -0.2) is 42.4 Å². The zero-order valence-electron chi connectivity index (χ0n) is 17.0. The summed E-state index contributed by atoms with van der Waals surface area (Å²) >= 11 is 0. The maximum atomic E-state index is 13.6. The number of carbonyl (C=O) groups excluding carboxylic acids is 1. The van der Waals surface area contributed by atoms with Gasteiger partial charge in [-0.15, -0.1) is 0 Å². The number of H-pyrrole nitrogens is 1. The minimum atomic E-state index is -3.03. The minimum absolute atomic E-state index is 0.237. The highest BCUT2D eigenvalue weighted by Gasteiger charge is 2.39. The summed E-state index contributed by atoms with van der Waals surface area (Å²) in [6.45, 7) is 1.56. The zero-order valence-corrected chi connectivity index (χ0v) is 17.0. The van der Waals surface area contributed by atoms with E-state index in [2.05, 4.69) is 15.0 Å². The molecule has 0 spiro atoms. The van der Waals surface area contributed by atoms with Crippen molar-refractivity contribution in [2.24, 2.45) is 0 Å². The van der Waals surface area contributed by atoms with Crippen LogP contribution in [0.1, 0.15) is 64.7 Å². The Hall–Kier alpha value is -3.66. The summed E-state index contributed by atoms with van der Waals surface area (Å²) < 4.78 is 32.5. The molecule has 4 heterocycles. The van der Waals surface area contributed by atoms with Crippen LogP contribution < -0.4 is 0 Å². The molecule has 0 aliphatic carbocycles. The lowest BCUT2D eigenvalue weighted by Crippen LogP contribution is -2.41. The summed E-state index contributed by atoms with van der Waals surface area (Å²) in [4.78, 5) is 30.7. The van der Waals surface area contributed by atoms with Gasteiger partial charge in [-0.05, 0) is 19.1 Å². The van der Waals surface area contributed by atoms with Crippen LogP contribution in [0.5, 0.6) is 0 Å². The van der Waals surface area contributed by atoms with Gasteiger partial charge in [0.05, 0.1) is 23.2 Å². The van der Waals surface area contributed by atoms with Crippen LogP contribution in [0, 0.1) is 0 Å². The molecule has 0 radical (unpaired) electrons. The average molecular weight is 439 g/mol. The van der Waals surface area contributed by atoms with Crippen molar-refractivity contribution in [2.75, 3.05) is 6.54 Å². The summed E-state index contributed by atoms with van der Waals surface area (Å²) in [6.07, 6.45) is -2.26. The van der Waals surface area contributed by atoms with Gasteiger partial charge in [0.1, 0.15) is 12.1 Å². The number of pyridine rings is 1. The molecule has 0 fully saturated rings. The van der Waals surface area contributed by atoms with E-state index < -0.39 is 35.9 Å². The number of fused-ring (bicyclic) bond motifs is 2. The van der Waals surface area contributed by atoms with Crippen molar-refractivity contribution < 1.29 is 23.1 Å². The van der Waals surface area contributed by atoms with Gasteiger partial charge in [-0.1, -0.05) is 24.3 Å². The third-order valence-electron chi connectivity index (χ3n) is 5.51. The molecule has 5 rings (SSSR count). The fraction of sp³-hybridized carbons (Fsp3) is 0.273. The number of aromatic amines is 1. The Morgan fingerprint density at radius 1 is 1.25 bits per heavy atom. The number of aliphatic hydroxyl groups is 1. The molecule has 1 aliphatic rings. The van der Waals surface area contributed by atoms with E-state index >= 15 is 0 Å². The molecule has 1 aromatic carbocycles. The van der Waals surface area contributed by atoms with Crippen LogP contribution in [-0.2, 0) is 6.42 Å². The maximum absolute atomic E-state index is 13.6. The number of benzene rings is 1.